The fourth-order valence-electron chi connectivity index (χ4n) is 3.27. The van der Waals surface area contributed by atoms with Crippen molar-refractivity contribution in [3.63, 3.8) is 0 Å². The zero-order valence-corrected chi connectivity index (χ0v) is 14.0. The molecule has 2 aliphatic heterocycles. The average Bonchev–Trinajstić information content (AvgIpc) is 2.91. The van der Waals surface area contributed by atoms with E-state index in [-0.39, 0.29) is 18.4 Å². The number of likely N-dealkylation sites (tertiary alicyclic amines) is 1. The Labute approximate surface area is 141 Å². The van der Waals surface area contributed by atoms with E-state index in [1.165, 1.54) is 0 Å². The van der Waals surface area contributed by atoms with Gasteiger partial charge in [0.05, 0.1) is 6.54 Å². The fraction of sp³-hybridized carbons (Fsp3) is 0.529. The van der Waals surface area contributed by atoms with Gasteiger partial charge in [0.15, 0.2) is 0 Å². The molecule has 2 amide bonds. The van der Waals surface area contributed by atoms with Gasteiger partial charge in [-0.2, -0.15) is 0 Å². The minimum Gasteiger partial charge on any atom is -0.372 e. The summed E-state index contributed by atoms with van der Waals surface area (Å²) in [6.07, 6.45) is 2.16. The molecule has 1 aromatic carbocycles. The lowest BCUT2D eigenvalue weighted by atomic mass is 10.1. The number of carbonyl (C=O) groups excluding carboxylic acids is 2. The third-order valence-corrected chi connectivity index (χ3v) is 4.97. The lowest BCUT2D eigenvalue weighted by Gasteiger charge is -2.25. The third-order valence-electron chi connectivity index (χ3n) is 4.62. The number of hydrogen-bond acceptors (Lipinski definition) is 3. The van der Waals surface area contributed by atoms with Crippen LogP contribution < -0.4 is 0 Å². The summed E-state index contributed by atoms with van der Waals surface area (Å²) in [4.78, 5) is 28.4. The van der Waals surface area contributed by atoms with Crippen molar-refractivity contribution in [1.82, 2.24) is 9.80 Å². The number of halogens is 1. The van der Waals surface area contributed by atoms with Crippen molar-refractivity contribution in [2.75, 3.05) is 20.2 Å². The number of ether oxygens (including phenoxy) is 1. The van der Waals surface area contributed by atoms with Crippen LogP contribution in [-0.4, -0.2) is 47.9 Å². The first-order chi connectivity index (χ1) is 11.1. The van der Waals surface area contributed by atoms with Crippen LogP contribution in [0.3, 0.4) is 0 Å². The molecule has 2 heterocycles. The van der Waals surface area contributed by atoms with Crippen molar-refractivity contribution < 1.29 is 14.3 Å². The Morgan fingerprint density at radius 1 is 1.35 bits per heavy atom. The van der Waals surface area contributed by atoms with Crippen LogP contribution in [0.2, 0.25) is 5.02 Å². The summed E-state index contributed by atoms with van der Waals surface area (Å²) in [7, 11) is 1.55. The summed E-state index contributed by atoms with van der Waals surface area (Å²) in [5.41, 5.74) is 2.10. The second kappa shape index (κ2) is 6.89. The van der Waals surface area contributed by atoms with Crippen molar-refractivity contribution in [3.8, 4) is 0 Å². The number of amides is 2. The molecule has 1 fully saturated rings. The van der Waals surface area contributed by atoms with Gasteiger partial charge in [0.1, 0.15) is 6.10 Å². The molecular weight excluding hydrogens is 316 g/mol. The molecule has 23 heavy (non-hydrogen) atoms. The topological polar surface area (TPSA) is 49.9 Å². The Kier molecular flexibility index (Phi) is 4.87. The Hall–Kier alpha value is -1.59. The molecule has 1 unspecified atom stereocenters. The number of benzene rings is 1. The van der Waals surface area contributed by atoms with Gasteiger partial charge in [-0.1, -0.05) is 23.7 Å². The van der Waals surface area contributed by atoms with Crippen LogP contribution in [-0.2, 0) is 27.4 Å². The maximum absolute atomic E-state index is 12.6. The van der Waals surface area contributed by atoms with E-state index in [2.05, 4.69) is 0 Å². The molecule has 0 aliphatic carbocycles. The molecule has 0 radical (unpaired) electrons. The number of rotatable bonds is 3. The normalized spacial score (nSPS) is 21.3. The summed E-state index contributed by atoms with van der Waals surface area (Å²) in [6.45, 7) is 1.81. The predicted octanol–water partition coefficient (Wildman–Crippen LogP) is 2.21. The highest BCUT2D eigenvalue weighted by Crippen LogP contribution is 2.29. The van der Waals surface area contributed by atoms with Crippen molar-refractivity contribution in [2.45, 2.75) is 38.5 Å². The SMILES string of the molecule is COC1CCCCN(CC(=O)N2Cc3cccc(Cl)c3C2)C1=O. The summed E-state index contributed by atoms with van der Waals surface area (Å²) in [5, 5.41) is 0.697. The van der Waals surface area contributed by atoms with Crippen molar-refractivity contribution in [1.29, 1.82) is 0 Å². The second-order valence-electron chi connectivity index (χ2n) is 6.11. The molecule has 5 nitrogen and oxygen atoms in total. The quantitative estimate of drug-likeness (QED) is 0.850. The van der Waals surface area contributed by atoms with Gasteiger partial charge in [-0.25, -0.2) is 0 Å². The van der Waals surface area contributed by atoms with Gasteiger partial charge in [-0.15, -0.1) is 0 Å². The van der Waals surface area contributed by atoms with E-state index in [1.54, 1.807) is 16.9 Å². The summed E-state index contributed by atoms with van der Waals surface area (Å²) >= 11 is 6.20. The number of nitrogens with zero attached hydrogens (tertiary/aromatic N) is 2. The van der Waals surface area contributed by atoms with Crippen LogP contribution in [0.1, 0.15) is 30.4 Å². The first-order valence-corrected chi connectivity index (χ1v) is 8.33. The number of carbonyl (C=O) groups is 2. The molecule has 1 atom stereocenters. The van der Waals surface area contributed by atoms with E-state index >= 15 is 0 Å². The van der Waals surface area contributed by atoms with E-state index in [0.29, 0.717) is 24.7 Å². The molecule has 124 valence electrons. The lowest BCUT2D eigenvalue weighted by molar-refractivity contribution is -0.146. The Bertz CT molecular complexity index is 620. The second-order valence-corrected chi connectivity index (χ2v) is 6.51. The molecule has 0 spiro atoms. The molecule has 2 aliphatic rings. The summed E-state index contributed by atoms with van der Waals surface area (Å²) < 4.78 is 5.25. The van der Waals surface area contributed by atoms with Crippen LogP contribution in [0.5, 0.6) is 0 Å². The maximum atomic E-state index is 12.6. The summed E-state index contributed by atoms with van der Waals surface area (Å²) in [5.74, 6) is -0.115. The molecule has 1 aromatic rings. The minimum absolute atomic E-state index is 0.0395. The van der Waals surface area contributed by atoms with Crippen LogP contribution in [0.4, 0.5) is 0 Å². The fourth-order valence-corrected chi connectivity index (χ4v) is 3.52. The molecule has 0 bridgehead atoms. The minimum atomic E-state index is -0.421. The van der Waals surface area contributed by atoms with Gasteiger partial charge in [0.25, 0.3) is 5.91 Å². The number of hydrogen-bond donors (Lipinski definition) is 0. The van der Waals surface area contributed by atoms with Gasteiger partial charge in [-0.3, -0.25) is 9.59 Å². The predicted molar refractivity (Wildman–Crippen MR) is 86.9 cm³/mol. The average molecular weight is 337 g/mol. The standard InChI is InChI=1S/C17H21ClN2O3/c1-23-15-7-2-3-8-19(17(15)22)11-16(21)20-9-12-5-4-6-14(18)13(12)10-20/h4-6,15H,2-3,7-11H2,1H3. The molecule has 0 N–H and O–H groups in total. The van der Waals surface area contributed by atoms with Crippen molar-refractivity contribution in [2.24, 2.45) is 0 Å². The Balaban J connectivity index is 1.66. The van der Waals surface area contributed by atoms with E-state index in [0.717, 1.165) is 30.4 Å². The molecule has 3 rings (SSSR count). The Morgan fingerprint density at radius 3 is 2.91 bits per heavy atom. The van der Waals surface area contributed by atoms with Crippen LogP contribution in [0.25, 0.3) is 0 Å². The molecule has 0 aromatic heterocycles. The monoisotopic (exact) mass is 336 g/mol. The largest absolute Gasteiger partial charge is 0.372 e. The highest BCUT2D eigenvalue weighted by Gasteiger charge is 2.31. The highest BCUT2D eigenvalue weighted by molar-refractivity contribution is 6.31. The van der Waals surface area contributed by atoms with Gasteiger partial charge >= 0.3 is 0 Å². The first kappa shape index (κ1) is 16.3. The lowest BCUT2D eigenvalue weighted by Crippen LogP contribution is -2.44. The summed E-state index contributed by atoms with van der Waals surface area (Å²) in [6, 6.07) is 5.74. The van der Waals surface area contributed by atoms with E-state index in [1.807, 2.05) is 18.2 Å². The molecule has 0 saturated carbocycles. The van der Waals surface area contributed by atoms with E-state index < -0.39 is 6.10 Å². The molecule has 1 saturated heterocycles. The van der Waals surface area contributed by atoms with Gasteiger partial charge in [0.2, 0.25) is 5.91 Å². The third kappa shape index (κ3) is 3.35. The van der Waals surface area contributed by atoms with E-state index in [4.69, 9.17) is 16.3 Å². The zero-order valence-electron chi connectivity index (χ0n) is 13.3. The molecular formula is C17H21ClN2O3. The van der Waals surface area contributed by atoms with Crippen molar-refractivity contribution >= 4 is 23.4 Å². The van der Waals surface area contributed by atoms with E-state index in [9.17, 15) is 9.59 Å². The van der Waals surface area contributed by atoms with Gasteiger partial charge in [0, 0.05) is 31.8 Å². The first-order valence-electron chi connectivity index (χ1n) is 7.95. The van der Waals surface area contributed by atoms with Crippen LogP contribution in [0.15, 0.2) is 18.2 Å². The number of methoxy groups -OCH3 is 1. The Morgan fingerprint density at radius 2 is 2.17 bits per heavy atom. The maximum Gasteiger partial charge on any atom is 0.252 e. The zero-order chi connectivity index (χ0) is 16.4. The van der Waals surface area contributed by atoms with Gasteiger partial charge < -0.3 is 14.5 Å². The smallest absolute Gasteiger partial charge is 0.252 e. The number of fused-ring (bicyclic) bond motifs is 1. The molecule has 6 heteroatoms. The van der Waals surface area contributed by atoms with Crippen molar-refractivity contribution in [3.05, 3.63) is 34.3 Å². The van der Waals surface area contributed by atoms with Crippen LogP contribution >= 0.6 is 11.6 Å². The van der Waals surface area contributed by atoms with Gasteiger partial charge in [-0.05, 0) is 36.5 Å². The highest BCUT2D eigenvalue weighted by atomic mass is 35.5. The van der Waals surface area contributed by atoms with Crippen LogP contribution in [0, 0.1) is 0 Å².